The number of para-hydroxylation sites is 1. The van der Waals surface area contributed by atoms with Crippen LogP contribution in [0.5, 0.6) is 5.75 Å². The molecular weight excluding hydrogens is 394 g/mol. The normalized spacial score (nSPS) is 15.9. The van der Waals surface area contributed by atoms with Crippen LogP contribution >= 0.6 is 11.7 Å². The van der Waals surface area contributed by atoms with Crippen molar-refractivity contribution in [2.24, 2.45) is 0 Å². The number of fused-ring (bicyclic) bond motifs is 1. The average molecular weight is 418 g/mol. The molecule has 0 atom stereocenters. The van der Waals surface area contributed by atoms with Gasteiger partial charge < -0.3 is 4.74 Å². The van der Waals surface area contributed by atoms with Crippen LogP contribution in [0.1, 0.15) is 32.1 Å². The molecule has 28 heavy (non-hydrogen) atoms. The first-order valence-electron chi connectivity index (χ1n) is 9.57. The molecule has 1 aliphatic rings. The van der Waals surface area contributed by atoms with Crippen molar-refractivity contribution in [3.05, 3.63) is 48.5 Å². The first-order valence-corrected chi connectivity index (χ1v) is 11.7. The number of hydrogen-bond acceptors (Lipinski definition) is 6. The summed E-state index contributed by atoms with van der Waals surface area (Å²) in [6.07, 6.45) is 5.04. The lowest BCUT2D eigenvalue weighted by Gasteiger charge is -2.33. The van der Waals surface area contributed by atoms with Crippen LogP contribution in [0.25, 0.3) is 11.0 Å². The maximum Gasteiger partial charge on any atom is 0.245 e. The molecule has 0 N–H and O–H groups in total. The Labute approximate surface area is 169 Å². The molecular formula is C20H23N3O3S2. The zero-order valence-corrected chi connectivity index (χ0v) is 17.2. The van der Waals surface area contributed by atoms with E-state index in [0.717, 1.165) is 49.6 Å². The fourth-order valence-corrected chi connectivity index (χ4v) is 6.18. The highest BCUT2D eigenvalue weighted by Gasteiger charge is 2.34. The lowest BCUT2D eigenvalue weighted by atomic mass is 9.95. The van der Waals surface area contributed by atoms with Gasteiger partial charge in [0, 0.05) is 12.6 Å². The number of hydrogen-bond donors (Lipinski definition) is 0. The van der Waals surface area contributed by atoms with Crippen molar-refractivity contribution in [1.29, 1.82) is 0 Å². The van der Waals surface area contributed by atoms with Crippen molar-refractivity contribution in [3.63, 3.8) is 0 Å². The third kappa shape index (κ3) is 4.04. The Balaban J connectivity index is 1.61. The number of aromatic nitrogens is 2. The van der Waals surface area contributed by atoms with Crippen molar-refractivity contribution in [3.8, 4) is 5.75 Å². The molecule has 8 heteroatoms. The Morgan fingerprint density at radius 3 is 2.57 bits per heavy atom. The van der Waals surface area contributed by atoms with E-state index in [-0.39, 0.29) is 10.9 Å². The predicted molar refractivity (Wildman–Crippen MR) is 110 cm³/mol. The second kappa shape index (κ2) is 8.55. The Bertz CT molecular complexity index is 1020. The summed E-state index contributed by atoms with van der Waals surface area (Å²) in [7, 11) is -3.69. The van der Waals surface area contributed by atoms with Gasteiger partial charge >= 0.3 is 0 Å². The molecule has 0 spiro atoms. The van der Waals surface area contributed by atoms with Gasteiger partial charge in [-0.15, -0.1) is 0 Å². The predicted octanol–water partition coefficient (Wildman–Crippen LogP) is 4.09. The molecule has 4 rings (SSSR count). The average Bonchev–Trinajstić information content (AvgIpc) is 3.21. The first-order chi connectivity index (χ1) is 13.7. The second-order valence-corrected chi connectivity index (χ2v) is 9.34. The summed E-state index contributed by atoms with van der Waals surface area (Å²) in [6.45, 7) is 0.626. The molecule has 3 aromatic rings. The van der Waals surface area contributed by atoms with E-state index in [1.165, 1.54) is 0 Å². The molecule has 0 bridgehead atoms. The molecule has 1 fully saturated rings. The van der Waals surface area contributed by atoms with Crippen LogP contribution < -0.4 is 4.74 Å². The van der Waals surface area contributed by atoms with Crippen LogP contribution in [-0.2, 0) is 10.0 Å². The minimum atomic E-state index is -3.69. The number of benzene rings is 2. The summed E-state index contributed by atoms with van der Waals surface area (Å²) in [6, 6.07) is 14.6. The lowest BCUT2D eigenvalue weighted by molar-refractivity contribution is 0.210. The highest BCUT2D eigenvalue weighted by molar-refractivity contribution is 7.89. The number of ether oxygens (including phenoxy) is 1. The van der Waals surface area contributed by atoms with Gasteiger partial charge in [-0.25, -0.2) is 8.42 Å². The molecule has 0 aliphatic heterocycles. The Hall–Kier alpha value is -2.03. The van der Waals surface area contributed by atoms with Crippen LogP contribution in [0.2, 0.25) is 0 Å². The summed E-state index contributed by atoms with van der Waals surface area (Å²) in [5, 5.41) is 0. The van der Waals surface area contributed by atoms with Gasteiger partial charge in [0.25, 0.3) is 0 Å². The topological polar surface area (TPSA) is 72.4 Å². The summed E-state index contributed by atoms with van der Waals surface area (Å²) in [5.41, 5.74) is 1.08. The summed E-state index contributed by atoms with van der Waals surface area (Å²) >= 11 is 1.04. The van der Waals surface area contributed by atoms with Crippen LogP contribution in [0, 0.1) is 0 Å². The van der Waals surface area contributed by atoms with E-state index >= 15 is 0 Å². The Kier molecular flexibility index (Phi) is 5.89. The molecule has 2 aromatic carbocycles. The minimum absolute atomic E-state index is 0.0000237. The highest BCUT2D eigenvalue weighted by atomic mass is 32.2. The minimum Gasteiger partial charge on any atom is -0.492 e. The molecule has 1 heterocycles. The van der Waals surface area contributed by atoms with Crippen LogP contribution in [0.15, 0.2) is 53.4 Å². The fourth-order valence-electron chi connectivity index (χ4n) is 3.75. The van der Waals surface area contributed by atoms with Gasteiger partial charge in [-0.1, -0.05) is 43.5 Å². The van der Waals surface area contributed by atoms with Crippen LogP contribution in [0.4, 0.5) is 0 Å². The third-order valence-electron chi connectivity index (χ3n) is 5.14. The van der Waals surface area contributed by atoms with Gasteiger partial charge in [0.1, 0.15) is 28.3 Å². The largest absolute Gasteiger partial charge is 0.492 e. The Morgan fingerprint density at radius 1 is 1.00 bits per heavy atom. The molecule has 0 amide bonds. The van der Waals surface area contributed by atoms with Crippen molar-refractivity contribution in [2.45, 2.75) is 43.0 Å². The summed E-state index contributed by atoms with van der Waals surface area (Å²) < 4.78 is 43.0. The Morgan fingerprint density at radius 2 is 1.79 bits per heavy atom. The molecule has 148 valence electrons. The molecule has 6 nitrogen and oxygen atoms in total. The van der Waals surface area contributed by atoms with Gasteiger partial charge in [-0.3, -0.25) is 0 Å². The zero-order valence-electron chi connectivity index (χ0n) is 15.5. The maximum absolute atomic E-state index is 13.6. The fraction of sp³-hybridized carbons (Fsp3) is 0.400. The quantitative estimate of drug-likeness (QED) is 0.579. The molecule has 1 aromatic heterocycles. The van der Waals surface area contributed by atoms with E-state index in [1.807, 2.05) is 30.3 Å². The van der Waals surface area contributed by atoms with Crippen molar-refractivity contribution >= 4 is 32.8 Å². The van der Waals surface area contributed by atoms with Crippen LogP contribution in [-0.4, -0.2) is 40.7 Å². The number of sulfonamides is 1. The monoisotopic (exact) mass is 417 g/mol. The molecule has 1 saturated carbocycles. The van der Waals surface area contributed by atoms with Gasteiger partial charge in [-0.05, 0) is 37.1 Å². The number of rotatable bonds is 7. The molecule has 0 saturated heterocycles. The van der Waals surface area contributed by atoms with Crippen molar-refractivity contribution < 1.29 is 13.2 Å². The van der Waals surface area contributed by atoms with Gasteiger partial charge in [0.05, 0.1) is 11.7 Å². The first kappa shape index (κ1) is 19.3. The van der Waals surface area contributed by atoms with E-state index in [0.29, 0.717) is 24.2 Å². The second-order valence-electron chi connectivity index (χ2n) is 6.96. The SMILES string of the molecule is O=S(=O)(c1cccc2nsnc12)N(CCOc1ccccc1)C1CCCCC1. The lowest BCUT2D eigenvalue weighted by Crippen LogP contribution is -2.43. The van der Waals surface area contributed by atoms with E-state index in [9.17, 15) is 8.42 Å². The highest BCUT2D eigenvalue weighted by Crippen LogP contribution is 2.30. The van der Waals surface area contributed by atoms with Gasteiger partial charge in [0.15, 0.2) is 0 Å². The smallest absolute Gasteiger partial charge is 0.245 e. The van der Waals surface area contributed by atoms with E-state index < -0.39 is 10.0 Å². The van der Waals surface area contributed by atoms with Crippen molar-refractivity contribution in [1.82, 2.24) is 13.1 Å². The summed E-state index contributed by atoms with van der Waals surface area (Å²) in [4.78, 5) is 0.240. The molecule has 0 unspecified atom stereocenters. The standard InChI is InChI=1S/C20H23N3O3S2/c24-28(25,19-13-7-12-18-20(19)22-27-21-18)23(16-8-3-1-4-9-16)14-15-26-17-10-5-2-6-11-17/h2,5-7,10-13,16H,1,3-4,8-9,14-15H2. The molecule has 0 radical (unpaired) electrons. The van der Waals surface area contributed by atoms with E-state index in [4.69, 9.17) is 4.74 Å². The van der Waals surface area contributed by atoms with Gasteiger partial charge in [0.2, 0.25) is 10.0 Å². The van der Waals surface area contributed by atoms with Crippen LogP contribution in [0.3, 0.4) is 0 Å². The zero-order chi connectivity index (χ0) is 19.4. The maximum atomic E-state index is 13.6. The summed E-state index contributed by atoms with van der Waals surface area (Å²) in [5.74, 6) is 0.745. The van der Waals surface area contributed by atoms with E-state index in [2.05, 4.69) is 8.75 Å². The van der Waals surface area contributed by atoms with Crippen molar-refractivity contribution in [2.75, 3.05) is 13.2 Å². The third-order valence-corrected chi connectivity index (χ3v) is 7.67. The molecule has 1 aliphatic carbocycles. The van der Waals surface area contributed by atoms with Gasteiger partial charge in [-0.2, -0.15) is 13.1 Å². The number of nitrogens with zero attached hydrogens (tertiary/aromatic N) is 3. The van der Waals surface area contributed by atoms with E-state index in [1.54, 1.807) is 22.5 Å².